The zero-order chi connectivity index (χ0) is 15.4. The molecule has 0 N–H and O–H groups in total. The first-order valence-electron chi connectivity index (χ1n) is 8.34. The average Bonchev–Trinajstić information content (AvgIpc) is 2.93. The minimum absolute atomic E-state index is 0.574. The molecule has 1 aliphatic heterocycles. The van der Waals surface area contributed by atoms with Crippen LogP contribution in [0.15, 0.2) is 28.9 Å². The van der Waals surface area contributed by atoms with E-state index in [1.165, 1.54) is 42.4 Å². The minimum Gasteiger partial charge on any atom is -0.464 e. The lowest BCUT2D eigenvalue weighted by Crippen LogP contribution is -2.29. The number of hydrogen-bond donors (Lipinski definition) is 0. The molecule has 0 spiro atoms. The van der Waals surface area contributed by atoms with Crippen molar-refractivity contribution in [1.82, 2.24) is 4.90 Å². The van der Waals surface area contributed by atoms with Gasteiger partial charge < -0.3 is 9.32 Å². The monoisotopic (exact) mass is 287 g/mol. The summed E-state index contributed by atoms with van der Waals surface area (Å²) >= 11 is 0. The van der Waals surface area contributed by atoms with Crippen molar-refractivity contribution in [3.05, 3.63) is 35.6 Å². The number of hydrogen-bond acceptors (Lipinski definition) is 2. The molecule has 0 atom stereocenters. The van der Waals surface area contributed by atoms with Crippen LogP contribution >= 0.6 is 0 Å². The molecule has 1 aromatic carbocycles. The highest BCUT2D eigenvalue weighted by Gasteiger charge is 2.22. The van der Waals surface area contributed by atoms with Crippen LogP contribution in [0.4, 0.5) is 0 Å². The summed E-state index contributed by atoms with van der Waals surface area (Å²) in [4.78, 5) is 2.41. The third kappa shape index (κ3) is 3.49. The Bertz CT molecular complexity index is 562. The molecule has 0 aliphatic carbocycles. The van der Waals surface area contributed by atoms with Crippen LogP contribution in [0.25, 0.3) is 11.0 Å². The number of fused-ring (bicyclic) bond motifs is 1. The van der Waals surface area contributed by atoms with Gasteiger partial charge in [0, 0.05) is 10.9 Å². The zero-order valence-electron chi connectivity index (χ0n) is 14.1. The van der Waals surface area contributed by atoms with Gasteiger partial charge >= 0.3 is 0 Å². The fourth-order valence-corrected chi connectivity index (χ4v) is 3.06. The fourth-order valence-electron chi connectivity index (χ4n) is 3.06. The lowest BCUT2D eigenvalue weighted by Gasteiger charge is -2.28. The summed E-state index contributed by atoms with van der Waals surface area (Å²) in [7, 11) is 2.21. The lowest BCUT2D eigenvalue weighted by molar-refractivity contribution is 0.255. The van der Waals surface area contributed by atoms with E-state index in [1.807, 2.05) is 20.1 Å². The van der Waals surface area contributed by atoms with Crippen molar-refractivity contribution < 1.29 is 4.42 Å². The van der Waals surface area contributed by atoms with Crippen molar-refractivity contribution >= 4 is 11.0 Å². The molecule has 116 valence electrons. The van der Waals surface area contributed by atoms with Gasteiger partial charge in [0.25, 0.3) is 0 Å². The summed E-state index contributed by atoms with van der Waals surface area (Å²) in [6, 6.07) is 6.65. The van der Waals surface area contributed by atoms with Crippen LogP contribution in [0, 0.1) is 0 Å². The molecule has 2 heterocycles. The molecule has 1 aliphatic rings. The van der Waals surface area contributed by atoms with Gasteiger partial charge in [-0.1, -0.05) is 33.8 Å². The SMILES string of the molecule is CC.CC(C)c1ccc2occ(C3CCN(C)CC3)c2c1. The first-order chi connectivity index (χ1) is 10.1. The number of likely N-dealkylation sites (tertiary alicyclic amines) is 1. The van der Waals surface area contributed by atoms with E-state index in [4.69, 9.17) is 4.42 Å². The van der Waals surface area contributed by atoms with E-state index >= 15 is 0 Å². The second kappa shape index (κ2) is 7.13. The maximum absolute atomic E-state index is 5.75. The van der Waals surface area contributed by atoms with Gasteiger partial charge in [-0.25, -0.2) is 0 Å². The molecule has 3 rings (SSSR count). The third-order valence-electron chi connectivity index (χ3n) is 4.45. The van der Waals surface area contributed by atoms with Gasteiger partial charge in [-0.15, -0.1) is 0 Å². The lowest BCUT2D eigenvalue weighted by atomic mass is 9.88. The number of benzene rings is 1. The summed E-state index contributed by atoms with van der Waals surface area (Å²) in [6.45, 7) is 10.9. The van der Waals surface area contributed by atoms with Crippen molar-refractivity contribution in [2.24, 2.45) is 0 Å². The van der Waals surface area contributed by atoms with Crippen LogP contribution in [-0.4, -0.2) is 25.0 Å². The normalized spacial score (nSPS) is 17.0. The van der Waals surface area contributed by atoms with Crippen LogP contribution in [0.2, 0.25) is 0 Å². The highest BCUT2D eigenvalue weighted by atomic mass is 16.3. The zero-order valence-corrected chi connectivity index (χ0v) is 14.1. The summed E-state index contributed by atoms with van der Waals surface area (Å²) < 4.78 is 5.75. The van der Waals surface area contributed by atoms with Gasteiger partial charge in [-0.2, -0.15) is 0 Å². The second-order valence-electron chi connectivity index (χ2n) is 6.18. The molecular formula is C19H29NO. The molecule has 0 radical (unpaired) electrons. The topological polar surface area (TPSA) is 16.4 Å². The molecule has 2 heteroatoms. The van der Waals surface area contributed by atoms with Gasteiger partial charge in [0.15, 0.2) is 0 Å². The first-order valence-corrected chi connectivity index (χ1v) is 8.34. The Morgan fingerprint density at radius 2 is 1.81 bits per heavy atom. The average molecular weight is 287 g/mol. The summed E-state index contributed by atoms with van der Waals surface area (Å²) in [5.41, 5.74) is 3.87. The maximum Gasteiger partial charge on any atom is 0.134 e. The number of nitrogens with zero attached hydrogens (tertiary/aromatic N) is 1. The quantitative estimate of drug-likeness (QED) is 0.736. The Labute approximate surface area is 129 Å². The van der Waals surface area contributed by atoms with Crippen LogP contribution in [0.1, 0.15) is 63.5 Å². The smallest absolute Gasteiger partial charge is 0.134 e. The fraction of sp³-hybridized carbons (Fsp3) is 0.579. The van der Waals surface area contributed by atoms with E-state index in [-0.39, 0.29) is 0 Å². The van der Waals surface area contributed by atoms with Gasteiger partial charge in [0.1, 0.15) is 5.58 Å². The van der Waals surface area contributed by atoms with Gasteiger partial charge in [0.2, 0.25) is 0 Å². The van der Waals surface area contributed by atoms with Crippen LogP contribution in [-0.2, 0) is 0 Å². The first kappa shape index (κ1) is 16.1. The van der Waals surface area contributed by atoms with Crippen molar-refractivity contribution in [3.8, 4) is 0 Å². The highest BCUT2D eigenvalue weighted by Crippen LogP contribution is 2.35. The predicted octanol–water partition coefficient (Wildman–Crippen LogP) is 5.39. The van der Waals surface area contributed by atoms with Gasteiger partial charge in [-0.05, 0) is 62.5 Å². The van der Waals surface area contributed by atoms with Crippen molar-refractivity contribution in [2.75, 3.05) is 20.1 Å². The standard InChI is InChI=1S/C17H23NO.C2H6/c1-12(2)14-4-5-17-15(10-14)16(11-19-17)13-6-8-18(3)9-7-13;1-2/h4-5,10-13H,6-9H2,1-3H3;1-2H3. The predicted molar refractivity (Wildman–Crippen MR) is 91.1 cm³/mol. The van der Waals surface area contributed by atoms with E-state index in [0.29, 0.717) is 11.8 Å². The molecule has 0 bridgehead atoms. The summed E-state index contributed by atoms with van der Waals surface area (Å²) in [5, 5.41) is 1.33. The number of piperidine rings is 1. The Morgan fingerprint density at radius 1 is 1.14 bits per heavy atom. The van der Waals surface area contributed by atoms with E-state index in [2.05, 4.69) is 44.0 Å². The molecule has 1 saturated heterocycles. The Morgan fingerprint density at radius 3 is 2.43 bits per heavy atom. The van der Waals surface area contributed by atoms with Crippen molar-refractivity contribution in [1.29, 1.82) is 0 Å². The van der Waals surface area contributed by atoms with Crippen molar-refractivity contribution in [3.63, 3.8) is 0 Å². The highest BCUT2D eigenvalue weighted by molar-refractivity contribution is 5.82. The summed E-state index contributed by atoms with van der Waals surface area (Å²) in [6.07, 6.45) is 4.48. The molecule has 2 aromatic rings. The molecule has 1 aromatic heterocycles. The molecular weight excluding hydrogens is 258 g/mol. The molecule has 21 heavy (non-hydrogen) atoms. The Kier molecular flexibility index (Phi) is 5.46. The molecule has 2 nitrogen and oxygen atoms in total. The van der Waals surface area contributed by atoms with E-state index < -0.39 is 0 Å². The van der Waals surface area contributed by atoms with E-state index in [0.717, 1.165) is 5.58 Å². The van der Waals surface area contributed by atoms with Gasteiger partial charge in [0.05, 0.1) is 6.26 Å². The van der Waals surface area contributed by atoms with Crippen molar-refractivity contribution in [2.45, 2.75) is 52.4 Å². The third-order valence-corrected chi connectivity index (χ3v) is 4.45. The number of furan rings is 1. The second-order valence-corrected chi connectivity index (χ2v) is 6.18. The van der Waals surface area contributed by atoms with Crippen LogP contribution in [0.3, 0.4) is 0 Å². The molecule has 0 amide bonds. The number of rotatable bonds is 2. The maximum atomic E-state index is 5.75. The van der Waals surface area contributed by atoms with E-state index in [1.54, 1.807) is 0 Å². The molecule has 0 unspecified atom stereocenters. The Balaban J connectivity index is 0.000000774. The molecule has 0 saturated carbocycles. The largest absolute Gasteiger partial charge is 0.464 e. The van der Waals surface area contributed by atoms with E-state index in [9.17, 15) is 0 Å². The summed E-state index contributed by atoms with van der Waals surface area (Å²) in [5.74, 6) is 1.24. The Hall–Kier alpha value is -1.28. The minimum atomic E-state index is 0.574. The van der Waals surface area contributed by atoms with Crippen LogP contribution < -0.4 is 0 Å². The molecule has 1 fully saturated rings. The van der Waals surface area contributed by atoms with Crippen LogP contribution in [0.5, 0.6) is 0 Å². The van der Waals surface area contributed by atoms with Gasteiger partial charge in [-0.3, -0.25) is 0 Å².